The van der Waals surface area contributed by atoms with Crippen LogP contribution < -0.4 is 10.1 Å². The van der Waals surface area contributed by atoms with Crippen molar-refractivity contribution >= 4 is 28.2 Å². The Labute approximate surface area is 157 Å². The molecule has 0 fully saturated rings. The zero-order valence-electron chi connectivity index (χ0n) is 15.1. The number of carbonyl (C=O) groups excluding carboxylic acids is 2. The fourth-order valence-corrected chi connectivity index (χ4v) is 4.47. The van der Waals surface area contributed by atoms with Crippen LogP contribution in [-0.2, 0) is 28.8 Å². The van der Waals surface area contributed by atoms with Gasteiger partial charge in [0.25, 0.3) is 0 Å². The highest BCUT2D eigenvalue weighted by Crippen LogP contribution is 2.39. The van der Waals surface area contributed by atoms with E-state index in [1.807, 2.05) is 31.2 Å². The van der Waals surface area contributed by atoms with Crippen molar-refractivity contribution in [3.8, 4) is 5.75 Å². The number of hydrogen-bond donors (Lipinski definition) is 1. The average Bonchev–Trinajstić information content (AvgIpc) is 3.21. The molecule has 0 unspecified atom stereocenters. The molecule has 26 heavy (non-hydrogen) atoms. The lowest BCUT2D eigenvalue weighted by Crippen LogP contribution is -2.15. The lowest BCUT2D eigenvalue weighted by atomic mass is 10.1. The highest BCUT2D eigenvalue weighted by molar-refractivity contribution is 7.17. The highest BCUT2D eigenvalue weighted by atomic mass is 32.1. The van der Waals surface area contributed by atoms with Crippen LogP contribution in [0.2, 0.25) is 0 Å². The van der Waals surface area contributed by atoms with Gasteiger partial charge in [0.2, 0.25) is 5.91 Å². The van der Waals surface area contributed by atoms with Crippen LogP contribution in [0.1, 0.15) is 46.1 Å². The smallest absolute Gasteiger partial charge is 0.341 e. The molecule has 1 aliphatic rings. The maximum Gasteiger partial charge on any atom is 0.341 e. The van der Waals surface area contributed by atoms with Crippen LogP contribution in [0.25, 0.3) is 0 Å². The van der Waals surface area contributed by atoms with Crippen LogP contribution in [0.3, 0.4) is 0 Å². The van der Waals surface area contributed by atoms with Gasteiger partial charge in [-0.2, -0.15) is 0 Å². The first kappa shape index (κ1) is 18.5. The summed E-state index contributed by atoms with van der Waals surface area (Å²) in [5.41, 5.74) is 2.66. The summed E-state index contributed by atoms with van der Waals surface area (Å²) < 4.78 is 10.3. The number of anilines is 1. The van der Waals surface area contributed by atoms with Crippen LogP contribution >= 0.6 is 11.3 Å². The van der Waals surface area contributed by atoms with Gasteiger partial charge in [-0.25, -0.2) is 4.79 Å². The fourth-order valence-electron chi connectivity index (χ4n) is 3.18. The summed E-state index contributed by atoms with van der Waals surface area (Å²) in [6.45, 7) is 2.58. The van der Waals surface area contributed by atoms with Crippen molar-refractivity contribution in [2.24, 2.45) is 0 Å². The standard InChI is InChI=1S/C20H23NO4S/c1-3-25-14-10-7-13(8-11-14)9-12-17(22)21-19-18(20(23)24-2)15-5-4-6-16(15)26-19/h7-8,10-11H,3-6,9,12H2,1-2H3,(H,21,22). The molecule has 1 aliphatic carbocycles. The largest absolute Gasteiger partial charge is 0.494 e. The van der Waals surface area contributed by atoms with Gasteiger partial charge < -0.3 is 14.8 Å². The molecule has 5 nitrogen and oxygen atoms in total. The molecule has 0 aliphatic heterocycles. The average molecular weight is 373 g/mol. The molecule has 1 heterocycles. The first-order chi connectivity index (χ1) is 12.6. The lowest BCUT2D eigenvalue weighted by Gasteiger charge is -2.08. The van der Waals surface area contributed by atoms with Gasteiger partial charge in [-0.1, -0.05) is 12.1 Å². The monoisotopic (exact) mass is 373 g/mol. The summed E-state index contributed by atoms with van der Waals surface area (Å²) in [7, 11) is 1.37. The second kappa shape index (κ2) is 8.36. The van der Waals surface area contributed by atoms with Crippen molar-refractivity contribution in [1.82, 2.24) is 0 Å². The number of nitrogens with one attached hydrogen (secondary N) is 1. The predicted molar refractivity (Wildman–Crippen MR) is 102 cm³/mol. The van der Waals surface area contributed by atoms with E-state index in [0.29, 0.717) is 30.0 Å². The zero-order chi connectivity index (χ0) is 18.5. The quantitative estimate of drug-likeness (QED) is 0.745. The number of carbonyl (C=O) groups is 2. The minimum atomic E-state index is -0.369. The zero-order valence-corrected chi connectivity index (χ0v) is 15.9. The van der Waals surface area contributed by atoms with E-state index in [4.69, 9.17) is 9.47 Å². The van der Waals surface area contributed by atoms with Gasteiger partial charge in [-0.05, 0) is 55.9 Å². The Balaban J connectivity index is 1.62. The van der Waals surface area contributed by atoms with Crippen LogP contribution in [0.15, 0.2) is 24.3 Å². The Bertz CT molecular complexity index is 795. The van der Waals surface area contributed by atoms with Crippen LogP contribution in [0.4, 0.5) is 5.00 Å². The van der Waals surface area contributed by atoms with E-state index in [0.717, 1.165) is 36.1 Å². The van der Waals surface area contributed by atoms with E-state index in [9.17, 15) is 9.59 Å². The van der Waals surface area contributed by atoms with E-state index >= 15 is 0 Å². The van der Waals surface area contributed by atoms with Crippen molar-refractivity contribution in [2.75, 3.05) is 19.0 Å². The summed E-state index contributed by atoms with van der Waals surface area (Å²) in [6, 6.07) is 7.77. The Morgan fingerprint density at radius 1 is 1.19 bits per heavy atom. The SMILES string of the molecule is CCOc1ccc(CCC(=O)Nc2sc3c(c2C(=O)OC)CCC3)cc1. The van der Waals surface area contributed by atoms with Crippen molar-refractivity contribution in [1.29, 1.82) is 0 Å². The number of rotatable bonds is 7. The summed E-state index contributed by atoms with van der Waals surface area (Å²) in [5.74, 6) is 0.367. The number of hydrogen-bond acceptors (Lipinski definition) is 5. The first-order valence-electron chi connectivity index (χ1n) is 8.86. The van der Waals surface area contributed by atoms with E-state index in [2.05, 4.69) is 5.32 Å². The predicted octanol–water partition coefficient (Wildman–Crippen LogP) is 3.99. The number of esters is 1. The van der Waals surface area contributed by atoms with Gasteiger partial charge in [0, 0.05) is 11.3 Å². The van der Waals surface area contributed by atoms with E-state index in [-0.39, 0.29) is 11.9 Å². The molecule has 1 amide bonds. The molecule has 0 spiro atoms. The normalized spacial score (nSPS) is 12.5. The molecule has 0 atom stereocenters. The second-order valence-electron chi connectivity index (χ2n) is 6.18. The van der Waals surface area contributed by atoms with Crippen molar-refractivity contribution in [2.45, 2.75) is 39.0 Å². The van der Waals surface area contributed by atoms with Gasteiger partial charge in [0.05, 0.1) is 19.3 Å². The van der Waals surface area contributed by atoms with Crippen molar-refractivity contribution in [3.05, 3.63) is 45.8 Å². The molecule has 0 radical (unpaired) electrons. The van der Waals surface area contributed by atoms with E-state index < -0.39 is 0 Å². The molecule has 6 heteroatoms. The third kappa shape index (κ3) is 4.07. The van der Waals surface area contributed by atoms with Gasteiger partial charge in [-0.15, -0.1) is 11.3 Å². The Morgan fingerprint density at radius 3 is 2.65 bits per heavy atom. The van der Waals surface area contributed by atoms with Gasteiger partial charge in [-0.3, -0.25) is 4.79 Å². The minimum Gasteiger partial charge on any atom is -0.494 e. The fraction of sp³-hybridized carbons (Fsp3) is 0.400. The molecule has 138 valence electrons. The summed E-state index contributed by atoms with van der Waals surface area (Å²) in [6.07, 6.45) is 3.88. The molecule has 1 N–H and O–H groups in total. The first-order valence-corrected chi connectivity index (χ1v) is 9.68. The van der Waals surface area contributed by atoms with Crippen molar-refractivity contribution < 1.29 is 19.1 Å². The van der Waals surface area contributed by atoms with Gasteiger partial charge >= 0.3 is 5.97 Å². The van der Waals surface area contributed by atoms with Gasteiger partial charge in [0.1, 0.15) is 10.8 Å². The summed E-state index contributed by atoms with van der Waals surface area (Å²) in [4.78, 5) is 25.7. The number of aryl methyl sites for hydroxylation is 2. The Hall–Kier alpha value is -2.34. The number of amides is 1. The Morgan fingerprint density at radius 2 is 1.96 bits per heavy atom. The number of benzene rings is 1. The number of fused-ring (bicyclic) bond motifs is 1. The molecule has 3 rings (SSSR count). The Kier molecular flexibility index (Phi) is 5.93. The van der Waals surface area contributed by atoms with Crippen LogP contribution in [0, 0.1) is 0 Å². The van der Waals surface area contributed by atoms with Crippen LogP contribution in [0.5, 0.6) is 5.75 Å². The third-order valence-electron chi connectivity index (χ3n) is 4.44. The molecule has 1 aromatic heterocycles. The van der Waals surface area contributed by atoms with E-state index in [1.54, 1.807) is 0 Å². The molecule has 1 aromatic carbocycles. The minimum absolute atomic E-state index is 0.0936. The number of ether oxygens (including phenoxy) is 2. The lowest BCUT2D eigenvalue weighted by molar-refractivity contribution is -0.116. The maximum atomic E-state index is 12.4. The third-order valence-corrected chi connectivity index (χ3v) is 5.65. The molecular weight excluding hydrogens is 350 g/mol. The molecule has 0 bridgehead atoms. The number of thiophene rings is 1. The van der Waals surface area contributed by atoms with E-state index in [1.165, 1.54) is 23.3 Å². The van der Waals surface area contributed by atoms with Gasteiger partial charge in [0.15, 0.2) is 0 Å². The topological polar surface area (TPSA) is 64.6 Å². The second-order valence-corrected chi connectivity index (χ2v) is 7.28. The molecule has 0 saturated carbocycles. The summed E-state index contributed by atoms with van der Waals surface area (Å²) in [5, 5.41) is 3.53. The van der Waals surface area contributed by atoms with Crippen LogP contribution in [-0.4, -0.2) is 25.6 Å². The maximum absolute atomic E-state index is 12.4. The molecular formula is C20H23NO4S. The summed E-state index contributed by atoms with van der Waals surface area (Å²) >= 11 is 1.50. The van der Waals surface area contributed by atoms with Crippen molar-refractivity contribution in [3.63, 3.8) is 0 Å². The molecule has 2 aromatic rings. The highest BCUT2D eigenvalue weighted by Gasteiger charge is 2.27. The molecule has 0 saturated heterocycles. The number of methoxy groups -OCH3 is 1.